The number of nitrogens with two attached hydrogens (primary N) is 1. The Kier molecular flexibility index (Phi) is 13.9. The second kappa shape index (κ2) is 19.4. The topological polar surface area (TPSA) is 107 Å². The fourth-order valence-corrected chi connectivity index (χ4v) is 7.27. The lowest BCUT2D eigenvalue weighted by molar-refractivity contribution is 0.0934. The number of pyridine rings is 4. The average Bonchev–Trinajstić information content (AvgIpc) is 3.27. The largest absolute Gasteiger partial charge is 0.398 e. The van der Waals surface area contributed by atoms with Gasteiger partial charge in [0.05, 0.1) is 39.2 Å². The van der Waals surface area contributed by atoms with Crippen LogP contribution in [0.1, 0.15) is 93.8 Å². The van der Waals surface area contributed by atoms with Gasteiger partial charge in [-0.15, -0.1) is 0 Å². The molecule has 7 nitrogen and oxygen atoms in total. The number of nitrogen functional groups attached to an aromatic ring is 1. The van der Waals surface area contributed by atoms with Crippen LogP contribution in [0.2, 0.25) is 0 Å². The molecule has 8 rings (SSSR count). The summed E-state index contributed by atoms with van der Waals surface area (Å²) < 4.78 is 0. The number of carbonyl (C=O) groups is 1. The molecule has 7 heteroatoms. The van der Waals surface area contributed by atoms with Crippen molar-refractivity contribution in [3.05, 3.63) is 155 Å². The van der Waals surface area contributed by atoms with Gasteiger partial charge in [-0.25, -0.2) is 9.97 Å². The summed E-state index contributed by atoms with van der Waals surface area (Å²) in [6, 6.07) is 36.9. The number of benzene rings is 4. The van der Waals surface area contributed by atoms with Crippen LogP contribution in [-0.4, -0.2) is 31.4 Å². The molecule has 0 atom stereocenters. The molecule has 0 radical (unpaired) electrons. The van der Waals surface area contributed by atoms with E-state index in [1.54, 1.807) is 12.3 Å². The monoisotopic (exact) mass is 780 g/mol. The minimum absolute atomic E-state index is 0.0483. The smallest absolute Gasteiger partial charge is 0.183 e. The van der Waals surface area contributed by atoms with E-state index in [9.17, 15) is 4.79 Å². The molecule has 0 saturated heterocycles. The lowest BCUT2D eigenvalue weighted by Gasteiger charge is -2.15. The Morgan fingerprint density at radius 2 is 0.915 bits per heavy atom. The Morgan fingerprint density at radius 3 is 1.36 bits per heavy atom. The second-order valence-corrected chi connectivity index (χ2v) is 15.3. The van der Waals surface area contributed by atoms with Crippen LogP contribution < -0.4 is 5.73 Å². The van der Waals surface area contributed by atoms with Crippen molar-refractivity contribution in [2.45, 2.75) is 81.1 Å². The van der Waals surface area contributed by atoms with Gasteiger partial charge >= 0.3 is 0 Å². The first kappa shape index (κ1) is 42.3. The highest BCUT2D eigenvalue weighted by Crippen LogP contribution is 2.29. The van der Waals surface area contributed by atoms with Gasteiger partial charge in [-0.1, -0.05) is 140 Å². The highest BCUT2D eigenvalue weighted by atomic mass is 16.1. The molecule has 0 bridgehead atoms. The van der Waals surface area contributed by atoms with Gasteiger partial charge in [0.2, 0.25) is 0 Å². The third-order valence-electron chi connectivity index (χ3n) is 10.7. The fraction of sp³-hybridized carbons (Fsp3) is 0.269. The molecule has 2 N–H and O–H groups in total. The zero-order valence-electron chi connectivity index (χ0n) is 35.8. The summed E-state index contributed by atoms with van der Waals surface area (Å²) in [5.74, 6) is 0.278. The maximum Gasteiger partial charge on any atom is 0.183 e. The molecule has 300 valence electrons. The van der Waals surface area contributed by atoms with Gasteiger partial charge in [-0.2, -0.15) is 0 Å². The van der Waals surface area contributed by atoms with Crippen LogP contribution in [0, 0.1) is 11.8 Å². The quantitative estimate of drug-likeness (QED) is 0.0676. The minimum atomic E-state index is -0.0483. The van der Waals surface area contributed by atoms with Gasteiger partial charge in [0.15, 0.2) is 5.78 Å². The first-order valence-electron chi connectivity index (χ1n) is 21.0. The lowest BCUT2D eigenvalue weighted by atomic mass is 10.00. The number of rotatable bonds is 9. The molecule has 0 aliphatic carbocycles. The van der Waals surface area contributed by atoms with Crippen molar-refractivity contribution in [1.82, 2.24) is 19.9 Å². The van der Waals surface area contributed by atoms with E-state index in [4.69, 9.17) is 15.7 Å². The Balaban J connectivity index is 0.000000166. The molecule has 0 fully saturated rings. The molecule has 8 aromatic rings. The zero-order valence-corrected chi connectivity index (χ0v) is 35.8. The van der Waals surface area contributed by atoms with Crippen LogP contribution in [0.4, 0.5) is 11.4 Å². The highest BCUT2D eigenvalue weighted by molar-refractivity contribution is 6.08. The number of nitrogens with zero attached hydrogens (tertiary/aromatic N) is 5. The fourth-order valence-electron chi connectivity index (χ4n) is 7.27. The summed E-state index contributed by atoms with van der Waals surface area (Å²) in [5.41, 5.74) is 19.1. The third kappa shape index (κ3) is 9.52. The predicted molar refractivity (Wildman–Crippen MR) is 249 cm³/mol. The molecular formula is C52H56N6O. The molecule has 59 heavy (non-hydrogen) atoms. The number of ketones is 1. The minimum Gasteiger partial charge on any atom is -0.398 e. The Bertz CT molecular complexity index is 2720. The number of hydrogen-bond donors (Lipinski definition) is 1. The van der Waals surface area contributed by atoms with Crippen LogP contribution in [0.5, 0.6) is 0 Å². The van der Waals surface area contributed by atoms with E-state index in [-0.39, 0.29) is 17.6 Å². The summed E-state index contributed by atoms with van der Waals surface area (Å²) >= 11 is 0. The van der Waals surface area contributed by atoms with Gasteiger partial charge in [0, 0.05) is 45.5 Å². The molecule has 0 unspecified atom stereocenters. The number of fused-ring (bicyclic) bond motifs is 6. The van der Waals surface area contributed by atoms with Gasteiger partial charge in [0.1, 0.15) is 5.69 Å². The Labute approximate surface area is 348 Å². The normalized spacial score (nSPS) is 11.5. The molecule has 0 amide bonds. The number of aromatic nitrogens is 4. The van der Waals surface area contributed by atoms with Crippen LogP contribution in [-0.2, 0) is 25.7 Å². The number of aryl methyl sites for hydroxylation is 4. The molecule has 0 saturated carbocycles. The van der Waals surface area contributed by atoms with Gasteiger partial charge in [0.25, 0.3) is 0 Å². The Morgan fingerprint density at radius 1 is 0.508 bits per heavy atom. The molecule has 4 aromatic heterocycles. The first-order valence-corrected chi connectivity index (χ1v) is 21.0. The lowest BCUT2D eigenvalue weighted by Crippen LogP contribution is -2.12. The molecule has 0 aliphatic heterocycles. The molecule has 0 aliphatic rings. The standard InChI is InChI=1S/C26H27N3.C16H14N2O.C10H15N/c1-5-18-9-7-10-19(6-2)24(18)29-23(17(3)4)22-15-14-21-13-12-20-11-8-16-27-25(20)26(21)28-22;1-10(2)16(19)13-8-7-12-6-5-11-4-3-9-17-14(11)15(12)18-13;1-3-8-6-5-7-9(4-2)10(8)11/h7-17H,5-6H2,1-4H3;3-10H,1-2H3;5-7H,3-4,11H2,1-2H3. The van der Waals surface area contributed by atoms with E-state index in [1.165, 1.54) is 22.3 Å². The van der Waals surface area contributed by atoms with Crippen molar-refractivity contribution in [3.63, 3.8) is 0 Å². The van der Waals surface area contributed by atoms with Crippen molar-refractivity contribution >= 4 is 66.5 Å². The summed E-state index contributed by atoms with van der Waals surface area (Å²) in [7, 11) is 0. The van der Waals surface area contributed by atoms with Crippen LogP contribution in [0.15, 0.2) is 127 Å². The first-order chi connectivity index (χ1) is 28.6. The zero-order chi connectivity index (χ0) is 42.1. The van der Waals surface area contributed by atoms with Crippen molar-refractivity contribution in [2.24, 2.45) is 16.8 Å². The van der Waals surface area contributed by atoms with Gasteiger partial charge in [-0.05, 0) is 78.1 Å². The predicted octanol–water partition coefficient (Wildman–Crippen LogP) is 12.7. The highest BCUT2D eigenvalue weighted by Gasteiger charge is 2.16. The Hall–Kier alpha value is -6.34. The van der Waals surface area contributed by atoms with E-state index >= 15 is 0 Å². The summed E-state index contributed by atoms with van der Waals surface area (Å²) in [6.45, 7) is 16.8. The van der Waals surface area contributed by atoms with Crippen LogP contribution >= 0.6 is 0 Å². The van der Waals surface area contributed by atoms with Crippen LogP contribution in [0.3, 0.4) is 0 Å². The number of Topliss-reactive ketones (excluding diaryl/α,β-unsaturated/α-hetero) is 1. The van der Waals surface area contributed by atoms with Crippen molar-refractivity contribution in [2.75, 3.05) is 5.73 Å². The van der Waals surface area contributed by atoms with Gasteiger partial charge in [-0.3, -0.25) is 19.8 Å². The second-order valence-electron chi connectivity index (χ2n) is 15.3. The SMILES string of the molecule is CC(C)C(=O)c1ccc2ccc3cccnc3c2n1.CCc1cccc(CC)c1N.CCc1cccc(CC)c1N=C(c1ccc2ccc3cccnc3c2n1)C(C)C. The van der Waals surface area contributed by atoms with Crippen LogP contribution in [0.25, 0.3) is 43.6 Å². The number of aliphatic imine (C=N–C) groups is 1. The summed E-state index contributed by atoms with van der Waals surface area (Å²) in [6.07, 6.45) is 7.58. The van der Waals surface area contributed by atoms with Crippen molar-refractivity contribution in [3.8, 4) is 0 Å². The van der Waals surface area contributed by atoms with E-state index in [1.807, 2.05) is 56.4 Å². The number of anilines is 1. The molecule has 4 aromatic carbocycles. The number of hydrogen-bond acceptors (Lipinski definition) is 7. The molecule has 0 spiro atoms. The van der Waals surface area contributed by atoms with Crippen molar-refractivity contribution < 1.29 is 4.79 Å². The maximum atomic E-state index is 12.0. The van der Waals surface area contributed by atoms with E-state index in [0.717, 1.165) is 92.1 Å². The van der Waals surface area contributed by atoms with E-state index in [0.29, 0.717) is 5.69 Å². The maximum absolute atomic E-state index is 12.0. The molecule has 4 heterocycles. The van der Waals surface area contributed by atoms with Crippen molar-refractivity contribution in [1.29, 1.82) is 0 Å². The van der Waals surface area contributed by atoms with E-state index in [2.05, 4.69) is 123 Å². The summed E-state index contributed by atoms with van der Waals surface area (Å²) in [4.78, 5) is 35.8. The molecular weight excluding hydrogens is 725 g/mol. The summed E-state index contributed by atoms with van der Waals surface area (Å²) in [5, 5.41) is 4.26. The third-order valence-corrected chi connectivity index (χ3v) is 10.7. The number of carbonyl (C=O) groups excluding carboxylic acids is 1. The van der Waals surface area contributed by atoms with E-state index < -0.39 is 0 Å². The average molecular weight is 781 g/mol. The number of para-hydroxylation sites is 2. The van der Waals surface area contributed by atoms with Gasteiger partial charge < -0.3 is 5.73 Å².